The Labute approximate surface area is 164 Å². The lowest BCUT2D eigenvalue weighted by Crippen LogP contribution is -2.28. The molecule has 2 aromatic carbocycles. The minimum absolute atomic E-state index is 0.0334. The van der Waals surface area contributed by atoms with Crippen LogP contribution in [0.5, 0.6) is 0 Å². The summed E-state index contributed by atoms with van der Waals surface area (Å²) in [6.45, 7) is 2.54. The molecule has 1 atom stereocenters. The van der Waals surface area contributed by atoms with Crippen LogP contribution in [-0.4, -0.2) is 31.4 Å². The SMILES string of the molecule is N#Cc1ccc(NC(=O)C2CC(=O)N(c3ccc(N4CCCC4)cc3)C2)cc1. The third kappa shape index (κ3) is 3.70. The van der Waals surface area contributed by atoms with Crippen LogP contribution in [0.2, 0.25) is 0 Å². The lowest BCUT2D eigenvalue weighted by Gasteiger charge is -2.20. The van der Waals surface area contributed by atoms with E-state index in [9.17, 15) is 9.59 Å². The normalized spacial score (nSPS) is 19.0. The van der Waals surface area contributed by atoms with Gasteiger partial charge in [-0.05, 0) is 61.4 Å². The van der Waals surface area contributed by atoms with Gasteiger partial charge in [-0.3, -0.25) is 9.59 Å². The number of rotatable bonds is 4. The van der Waals surface area contributed by atoms with Crippen molar-refractivity contribution in [2.45, 2.75) is 19.3 Å². The van der Waals surface area contributed by atoms with Gasteiger partial charge < -0.3 is 15.1 Å². The van der Waals surface area contributed by atoms with E-state index in [-0.39, 0.29) is 24.2 Å². The van der Waals surface area contributed by atoms with E-state index >= 15 is 0 Å². The molecule has 0 aliphatic carbocycles. The van der Waals surface area contributed by atoms with Crippen LogP contribution in [0, 0.1) is 17.2 Å². The van der Waals surface area contributed by atoms with Crippen molar-refractivity contribution >= 4 is 28.9 Å². The van der Waals surface area contributed by atoms with Gasteiger partial charge in [0.25, 0.3) is 0 Å². The van der Waals surface area contributed by atoms with Crippen LogP contribution in [0.3, 0.4) is 0 Å². The number of nitriles is 1. The topological polar surface area (TPSA) is 76.4 Å². The minimum atomic E-state index is -0.388. The molecule has 2 amide bonds. The highest BCUT2D eigenvalue weighted by Gasteiger charge is 2.35. The molecule has 2 aliphatic rings. The number of amides is 2. The molecule has 0 bridgehead atoms. The van der Waals surface area contributed by atoms with Crippen LogP contribution in [0.1, 0.15) is 24.8 Å². The van der Waals surface area contributed by atoms with Crippen LogP contribution >= 0.6 is 0 Å². The van der Waals surface area contributed by atoms with E-state index in [0.29, 0.717) is 17.8 Å². The van der Waals surface area contributed by atoms with Crippen molar-refractivity contribution < 1.29 is 9.59 Å². The Morgan fingerprint density at radius 2 is 1.64 bits per heavy atom. The molecule has 6 heteroatoms. The van der Waals surface area contributed by atoms with Crippen LogP contribution in [0.4, 0.5) is 17.1 Å². The Kier molecular flexibility index (Phi) is 4.98. The fourth-order valence-corrected chi connectivity index (χ4v) is 3.82. The number of anilines is 3. The molecule has 2 aliphatic heterocycles. The highest BCUT2D eigenvalue weighted by molar-refractivity contribution is 6.03. The molecular formula is C22H22N4O2. The van der Waals surface area contributed by atoms with Crippen LogP contribution < -0.4 is 15.1 Å². The Balaban J connectivity index is 1.40. The van der Waals surface area contributed by atoms with Crippen LogP contribution in [-0.2, 0) is 9.59 Å². The number of carbonyl (C=O) groups is 2. The Bertz CT molecular complexity index is 909. The zero-order valence-electron chi connectivity index (χ0n) is 15.6. The third-order valence-electron chi connectivity index (χ3n) is 5.41. The van der Waals surface area contributed by atoms with Crippen molar-refractivity contribution in [3.05, 3.63) is 54.1 Å². The van der Waals surface area contributed by atoms with Crippen molar-refractivity contribution in [2.24, 2.45) is 5.92 Å². The van der Waals surface area contributed by atoms with E-state index < -0.39 is 0 Å². The van der Waals surface area contributed by atoms with E-state index in [1.54, 1.807) is 29.2 Å². The first-order valence-electron chi connectivity index (χ1n) is 9.60. The average molecular weight is 374 g/mol. The van der Waals surface area contributed by atoms with Gasteiger partial charge in [0.2, 0.25) is 11.8 Å². The van der Waals surface area contributed by atoms with E-state index in [1.165, 1.54) is 18.5 Å². The smallest absolute Gasteiger partial charge is 0.229 e. The second kappa shape index (κ2) is 7.73. The van der Waals surface area contributed by atoms with Gasteiger partial charge in [-0.1, -0.05) is 0 Å². The molecular weight excluding hydrogens is 352 g/mol. The zero-order chi connectivity index (χ0) is 19.5. The molecule has 4 rings (SSSR count). The number of benzene rings is 2. The Hall–Kier alpha value is -3.33. The summed E-state index contributed by atoms with van der Waals surface area (Å²) >= 11 is 0. The van der Waals surface area contributed by atoms with E-state index in [4.69, 9.17) is 5.26 Å². The maximum atomic E-state index is 12.6. The molecule has 0 saturated carbocycles. The number of nitrogens with zero attached hydrogens (tertiary/aromatic N) is 3. The van der Waals surface area contributed by atoms with E-state index in [1.807, 2.05) is 18.2 Å². The van der Waals surface area contributed by atoms with Crippen molar-refractivity contribution in [3.63, 3.8) is 0 Å². The highest BCUT2D eigenvalue weighted by Crippen LogP contribution is 2.29. The van der Waals surface area contributed by atoms with Gasteiger partial charge in [0.1, 0.15) is 0 Å². The quantitative estimate of drug-likeness (QED) is 0.892. The largest absolute Gasteiger partial charge is 0.372 e. The maximum Gasteiger partial charge on any atom is 0.229 e. The monoisotopic (exact) mass is 374 g/mol. The van der Waals surface area contributed by atoms with Crippen molar-refractivity contribution in [3.8, 4) is 6.07 Å². The maximum absolute atomic E-state index is 12.6. The standard InChI is InChI=1S/C22H22N4O2/c23-14-16-3-5-18(6-4-16)24-22(28)17-13-21(27)26(15-17)20-9-7-19(8-10-20)25-11-1-2-12-25/h3-10,17H,1-2,11-13,15H2,(H,24,28). The second-order valence-electron chi connectivity index (χ2n) is 7.29. The molecule has 6 nitrogen and oxygen atoms in total. The van der Waals surface area contributed by atoms with E-state index in [0.717, 1.165) is 18.8 Å². The van der Waals surface area contributed by atoms with Crippen LogP contribution in [0.25, 0.3) is 0 Å². The molecule has 0 spiro atoms. The summed E-state index contributed by atoms with van der Waals surface area (Å²) < 4.78 is 0. The molecule has 28 heavy (non-hydrogen) atoms. The van der Waals surface area contributed by atoms with E-state index in [2.05, 4.69) is 22.3 Å². The van der Waals surface area contributed by atoms with Crippen molar-refractivity contribution in [2.75, 3.05) is 34.8 Å². The van der Waals surface area contributed by atoms with Gasteiger partial charge in [-0.2, -0.15) is 5.26 Å². The van der Waals surface area contributed by atoms with Gasteiger partial charge in [-0.15, -0.1) is 0 Å². The summed E-state index contributed by atoms with van der Waals surface area (Å²) in [5.74, 6) is -0.593. The lowest BCUT2D eigenvalue weighted by atomic mass is 10.1. The molecule has 2 saturated heterocycles. The van der Waals surface area contributed by atoms with Gasteiger partial charge in [0.05, 0.1) is 17.6 Å². The average Bonchev–Trinajstić information content (AvgIpc) is 3.39. The predicted octanol–water partition coefficient (Wildman–Crippen LogP) is 3.15. The number of carbonyl (C=O) groups excluding carboxylic acids is 2. The van der Waals surface area contributed by atoms with Gasteiger partial charge in [0, 0.05) is 43.1 Å². The molecule has 2 aromatic rings. The molecule has 1 unspecified atom stereocenters. The predicted molar refractivity (Wildman–Crippen MR) is 108 cm³/mol. The summed E-state index contributed by atoms with van der Waals surface area (Å²) in [4.78, 5) is 29.1. The summed E-state index contributed by atoms with van der Waals surface area (Å²) in [7, 11) is 0. The summed E-state index contributed by atoms with van der Waals surface area (Å²) in [5.41, 5.74) is 3.19. The minimum Gasteiger partial charge on any atom is -0.372 e. The first-order chi connectivity index (χ1) is 13.6. The molecule has 0 radical (unpaired) electrons. The molecule has 142 valence electrons. The van der Waals surface area contributed by atoms with Gasteiger partial charge >= 0.3 is 0 Å². The molecule has 1 N–H and O–H groups in total. The summed E-state index contributed by atoms with van der Waals surface area (Å²) in [6.07, 6.45) is 2.65. The molecule has 0 aromatic heterocycles. The fraction of sp³-hybridized carbons (Fsp3) is 0.318. The summed E-state index contributed by atoms with van der Waals surface area (Å²) in [5, 5.41) is 11.7. The first kappa shape index (κ1) is 18.1. The van der Waals surface area contributed by atoms with Crippen molar-refractivity contribution in [1.82, 2.24) is 0 Å². The Morgan fingerprint density at radius 3 is 2.29 bits per heavy atom. The first-order valence-corrected chi connectivity index (χ1v) is 9.60. The number of nitrogens with one attached hydrogen (secondary N) is 1. The number of hydrogen-bond acceptors (Lipinski definition) is 4. The fourth-order valence-electron chi connectivity index (χ4n) is 3.82. The lowest BCUT2D eigenvalue weighted by molar-refractivity contribution is -0.122. The molecule has 2 heterocycles. The van der Waals surface area contributed by atoms with Crippen LogP contribution in [0.15, 0.2) is 48.5 Å². The zero-order valence-corrected chi connectivity index (χ0v) is 15.6. The van der Waals surface area contributed by atoms with Gasteiger partial charge in [-0.25, -0.2) is 0 Å². The second-order valence-corrected chi connectivity index (χ2v) is 7.29. The number of hydrogen-bond donors (Lipinski definition) is 1. The highest BCUT2D eigenvalue weighted by atomic mass is 16.2. The third-order valence-corrected chi connectivity index (χ3v) is 5.41. The molecule has 2 fully saturated rings. The van der Waals surface area contributed by atoms with Crippen molar-refractivity contribution in [1.29, 1.82) is 5.26 Å². The van der Waals surface area contributed by atoms with Gasteiger partial charge in [0.15, 0.2) is 0 Å². The summed E-state index contributed by atoms with van der Waals surface area (Å²) in [6, 6.07) is 16.8. The Morgan fingerprint density at radius 1 is 1.00 bits per heavy atom.